The van der Waals surface area contributed by atoms with Crippen molar-refractivity contribution in [3.8, 4) is 0 Å². The zero-order valence-corrected chi connectivity index (χ0v) is 15.5. The minimum Gasteiger partial charge on any atom is -0.480 e. The highest BCUT2D eigenvalue weighted by atomic mass is 16.5. The van der Waals surface area contributed by atoms with Crippen LogP contribution in [-0.2, 0) is 16.1 Å². The highest BCUT2D eigenvalue weighted by molar-refractivity contribution is 5.72. The lowest BCUT2D eigenvalue weighted by molar-refractivity contribution is -0.138. The second-order valence-electron chi connectivity index (χ2n) is 6.04. The fourth-order valence-corrected chi connectivity index (χ4v) is 2.15. The number of rotatable bonds is 10. The van der Waals surface area contributed by atoms with E-state index in [1.807, 2.05) is 0 Å². The fourth-order valence-electron chi connectivity index (χ4n) is 2.15. The van der Waals surface area contributed by atoms with Crippen LogP contribution < -0.4 is 16.4 Å². The number of nitrogens with one attached hydrogen (secondary N) is 2. The number of unbranched alkanes of at least 4 members (excludes halogenated alkanes) is 1. The Labute approximate surface area is 161 Å². The van der Waals surface area contributed by atoms with E-state index in [0.29, 0.717) is 37.6 Å². The maximum Gasteiger partial charge on any atom is 0.407 e. The van der Waals surface area contributed by atoms with Crippen LogP contribution >= 0.6 is 0 Å². The standard InChI is InChI=1S/C17H23N7O4/c1-11-21-23-16(24-22-11)20-13-7-5-12(6-8-13)10-28-17(27)19-9-3-2-4-14(18)15(25)26/h5-8,14H,2-4,9-10,18H2,1H3,(H,19,27)(H,25,26)(H,20,23,24)/t14-/m0/s1. The third-order valence-electron chi connectivity index (χ3n) is 3.69. The Morgan fingerprint density at radius 2 is 1.82 bits per heavy atom. The van der Waals surface area contributed by atoms with E-state index < -0.39 is 18.1 Å². The molecular formula is C17H23N7O4. The number of carbonyl (C=O) groups excluding carboxylic acids is 1. The molecule has 11 heteroatoms. The number of benzene rings is 1. The number of carbonyl (C=O) groups is 2. The van der Waals surface area contributed by atoms with Gasteiger partial charge in [-0.05, 0) is 43.9 Å². The molecule has 1 heterocycles. The monoisotopic (exact) mass is 389 g/mol. The number of hydrogen-bond donors (Lipinski definition) is 4. The van der Waals surface area contributed by atoms with Crippen LogP contribution in [0.2, 0.25) is 0 Å². The smallest absolute Gasteiger partial charge is 0.407 e. The molecule has 2 rings (SSSR count). The summed E-state index contributed by atoms with van der Waals surface area (Å²) in [6, 6.07) is 6.34. The minimum absolute atomic E-state index is 0.125. The molecule has 0 spiro atoms. The average Bonchev–Trinajstić information content (AvgIpc) is 2.68. The summed E-state index contributed by atoms with van der Waals surface area (Å²) in [4.78, 5) is 22.2. The molecule has 150 valence electrons. The van der Waals surface area contributed by atoms with Gasteiger partial charge in [0.1, 0.15) is 12.6 Å². The molecule has 0 aliphatic rings. The van der Waals surface area contributed by atoms with Gasteiger partial charge < -0.3 is 26.2 Å². The Hall–Kier alpha value is -3.34. The Kier molecular flexibility index (Phi) is 8.03. The van der Waals surface area contributed by atoms with Crippen LogP contribution in [0.3, 0.4) is 0 Å². The number of ether oxygens (including phenoxy) is 1. The number of carboxylic acids is 1. The predicted octanol–water partition coefficient (Wildman–Crippen LogP) is 1.13. The summed E-state index contributed by atoms with van der Waals surface area (Å²) < 4.78 is 5.13. The van der Waals surface area contributed by atoms with E-state index in [1.54, 1.807) is 31.2 Å². The van der Waals surface area contributed by atoms with Crippen LogP contribution in [0, 0.1) is 6.92 Å². The second-order valence-corrected chi connectivity index (χ2v) is 6.04. The van der Waals surface area contributed by atoms with Crippen molar-refractivity contribution in [3.63, 3.8) is 0 Å². The van der Waals surface area contributed by atoms with Gasteiger partial charge in [0.25, 0.3) is 5.95 Å². The molecule has 0 bridgehead atoms. The van der Waals surface area contributed by atoms with Crippen LogP contribution in [0.5, 0.6) is 0 Å². The van der Waals surface area contributed by atoms with Gasteiger partial charge in [-0.25, -0.2) is 4.79 Å². The lowest BCUT2D eigenvalue weighted by Gasteiger charge is -2.09. The lowest BCUT2D eigenvalue weighted by atomic mass is 10.1. The summed E-state index contributed by atoms with van der Waals surface area (Å²) in [5.74, 6) is -0.244. The van der Waals surface area contributed by atoms with Crippen molar-refractivity contribution < 1.29 is 19.4 Å². The number of amides is 1. The highest BCUT2D eigenvalue weighted by Crippen LogP contribution is 2.13. The summed E-state index contributed by atoms with van der Waals surface area (Å²) in [7, 11) is 0. The van der Waals surface area contributed by atoms with Gasteiger partial charge in [0.2, 0.25) is 0 Å². The Bertz CT molecular complexity index is 768. The number of anilines is 2. The summed E-state index contributed by atoms with van der Waals surface area (Å²) in [6.07, 6.45) is 1.07. The van der Waals surface area contributed by atoms with Crippen LogP contribution in [0.1, 0.15) is 30.7 Å². The lowest BCUT2D eigenvalue weighted by Crippen LogP contribution is -2.30. The topological polar surface area (TPSA) is 165 Å². The normalized spacial score (nSPS) is 11.5. The SMILES string of the molecule is Cc1nnc(Nc2ccc(COC(=O)NCCCC[C@H](N)C(=O)O)cc2)nn1. The van der Waals surface area contributed by atoms with Gasteiger partial charge in [0.05, 0.1) is 0 Å². The van der Waals surface area contributed by atoms with E-state index in [0.717, 1.165) is 11.3 Å². The molecule has 2 aromatic rings. The predicted molar refractivity (Wildman–Crippen MR) is 99.7 cm³/mol. The third-order valence-corrected chi connectivity index (χ3v) is 3.69. The van der Waals surface area contributed by atoms with E-state index in [-0.39, 0.29) is 6.61 Å². The van der Waals surface area contributed by atoms with Gasteiger partial charge in [-0.15, -0.1) is 20.4 Å². The first-order chi connectivity index (χ1) is 13.4. The Morgan fingerprint density at radius 3 is 2.46 bits per heavy atom. The molecular weight excluding hydrogens is 366 g/mol. The van der Waals surface area contributed by atoms with Gasteiger partial charge in [-0.2, -0.15) is 0 Å². The van der Waals surface area contributed by atoms with Crippen molar-refractivity contribution in [2.24, 2.45) is 5.73 Å². The number of aromatic nitrogens is 4. The molecule has 5 N–H and O–H groups in total. The quantitative estimate of drug-likeness (QED) is 0.433. The Morgan fingerprint density at radius 1 is 1.14 bits per heavy atom. The highest BCUT2D eigenvalue weighted by Gasteiger charge is 2.10. The Balaban J connectivity index is 1.65. The molecule has 0 saturated heterocycles. The average molecular weight is 389 g/mol. The van der Waals surface area contributed by atoms with Gasteiger partial charge >= 0.3 is 12.1 Å². The molecule has 0 saturated carbocycles. The molecule has 11 nitrogen and oxygen atoms in total. The van der Waals surface area contributed by atoms with Crippen molar-refractivity contribution >= 4 is 23.7 Å². The number of hydrogen-bond acceptors (Lipinski definition) is 9. The van der Waals surface area contributed by atoms with E-state index in [9.17, 15) is 9.59 Å². The van der Waals surface area contributed by atoms with Crippen molar-refractivity contribution in [3.05, 3.63) is 35.7 Å². The number of alkyl carbamates (subject to hydrolysis) is 1. The van der Waals surface area contributed by atoms with Gasteiger partial charge in [-0.1, -0.05) is 12.1 Å². The summed E-state index contributed by atoms with van der Waals surface area (Å²) in [5, 5.41) is 29.6. The largest absolute Gasteiger partial charge is 0.480 e. The van der Waals surface area contributed by atoms with Crippen molar-refractivity contribution in [1.82, 2.24) is 25.7 Å². The third kappa shape index (κ3) is 7.50. The van der Waals surface area contributed by atoms with Crippen molar-refractivity contribution in [1.29, 1.82) is 0 Å². The number of carboxylic acid groups (broad SMARTS) is 1. The first-order valence-corrected chi connectivity index (χ1v) is 8.73. The van der Waals surface area contributed by atoms with Crippen LogP contribution in [0.25, 0.3) is 0 Å². The zero-order chi connectivity index (χ0) is 20.4. The molecule has 1 atom stereocenters. The van der Waals surface area contributed by atoms with E-state index in [1.165, 1.54) is 0 Å². The molecule has 1 amide bonds. The van der Waals surface area contributed by atoms with Gasteiger partial charge in [0, 0.05) is 12.2 Å². The van der Waals surface area contributed by atoms with E-state index in [2.05, 4.69) is 31.0 Å². The van der Waals surface area contributed by atoms with Crippen LogP contribution in [-0.4, -0.2) is 50.2 Å². The molecule has 1 aromatic heterocycles. The van der Waals surface area contributed by atoms with Crippen LogP contribution in [0.4, 0.5) is 16.4 Å². The number of nitrogens with two attached hydrogens (primary N) is 1. The summed E-state index contributed by atoms with van der Waals surface area (Å²) >= 11 is 0. The van der Waals surface area contributed by atoms with Gasteiger partial charge in [-0.3, -0.25) is 4.79 Å². The van der Waals surface area contributed by atoms with Crippen LogP contribution in [0.15, 0.2) is 24.3 Å². The minimum atomic E-state index is -1.02. The van der Waals surface area contributed by atoms with Crippen molar-refractivity contribution in [2.75, 3.05) is 11.9 Å². The maximum absolute atomic E-state index is 11.7. The number of nitrogens with zero attached hydrogens (tertiary/aromatic N) is 4. The number of aliphatic carboxylic acids is 1. The molecule has 1 aromatic carbocycles. The molecule has 0 aliphatic carbocycles. The van der Waals surface area contributed by atoms with Gasteiger partial charge in [0.15, 0.2) is 5.82 Å². The molecule has 0 unspecified atom stereocenters. The van der Waals surface area contributed by atoms with Crippen molar-refractivity contribution in [2.45, 2.75) is 38.8 Å². The fraction of sp³-hybridized carbons (Fsp3) is 0.412. The number of aryl methyl sites for hydroxylation is 1. The summed E-state index contributed by atoms with van der Waals surface area (Å²) in [6.45, 7) is 2.22. The van der Waals surface area contributed by atoms with E-state index >= 15 is 0 Å². The molecule has 0 fully saturated rings. The molecule has 28 heavy (non-hydrogen) atoms. The first-order valence-electron chi connectivity index (χ1n) is 8.73. The molecule has 0 radical (unpaired) electrons. The summed E-state index contributed by atoms with van der Waals surface area (Å²) in [5.41, 5.74) is 6.97. The second kappa shape index (κ2) is 10.7. The molecule has 0 aliphatic heterocycles. The first kappa shape index (κ1) is 21.0. The van der Waals surface area contributed by atoms with E-state index in [4.69, 9.17) is 15.6 Å². The zero-order valence-electron chi connectivity index (χ0n) is 15.5. The maximum atomic E-state index is 11.7.